The molecule has 4 nitrogen and oxygen atoms in total. The first-order valence-electron chi connectivity index (χ1n) is 6.15. The van der Waals surface area contributed by atoms with Crippen LogP contribution in [0.1, 0.15) is 0 Å². The summed E-state index contributed by atoms with van der Waals surface area (Å²) in [6.07, 6.45) is 3.35. The standard InChI is InChI=1S/C15H12N4S/c20-15(18-11-4-2-1-3-5-11)19-12-6-7-13-14(10-12)17-9-8-16-13/h1-10H,(H2,18,19,20). The van der Waals surface area contributed by atoms with Crippen molar-refractivity contribution >= 4 is 39.7 Å². The van der Waals surface area contributed by atoms with E-state index in [9.17, 15) is 0 Å². The molecule has 2 N–H and O–H groups in total. The average molecular weight is 280 g/mol. The van der Waals surface area contributed by atoms with Gasteiger partial charge in [0.05, 0.1) is 11.0 Å². The predicted octanol–water partition coefficient (Wildman–Crippen LogP) is 3.44. The van der Waals surface area contributed by atoms with E-state index in [4.69, 9.17) is 12.2 Å². The molecular weight excluding hydrogens is 268 g/mol. The van der Waals surface area contributed by atoms with E-state index >= 15 is 0 Å². The van der Waals surface area contributed by atoms with Crippen LogP contribution >= 0.6 is 12.2 Å². The summed E-state index contributed by atoms with van der Waals surface area (Å²) in [5, 5.41) is 6.80. The molecule has 0 saturated heterocycles. The van der Waals surface area contributed by atoms with Gasteiger partial charge >= 0.3 is 0 Å². The number of thiocarbonyl (C=S) groups is 1. The summed E-state index contributed by atoms with van der Waals surface area (Å²) in [6, 6.07) is 15.5. The van der Waals surface area contributed by atoms with Crippen LogP contribution in [0.4, 0.5) is 11.4 Å². The molecule has 3 rings (SSSR count). The third-order valence-corrected chi connectivity index (χ3v) is 2.96. The molecular formula is C15H12N4S. The molecule has 0 aliphatic heterocycles. The summed E-state index contributed by atoms with van der Waals surface area (Å²) >= 11 is 5.28. The van der Waals surface area contributed by atoms with Crippen LogP contribution in [0.15, 0.2) is 60.9 Å². The van der Waals surface area contributed by atoms with Gasteiger partial charge in [0.1, 0.15) is 0 Å². The normalized spacial score (nSPS) is 10.2. The average Bonchev–Trinajstić information content (AvgIpc) is 2.48. The number of hydrogen-bond acceptors (Lipinski definition) is 3. The van der Waals surface area contributed by atoms with Crippen molar-refractivity contribution in [3.63, 3.8) is 0 Å². The van der Waals surface area contributed by atoms with Gasteiger partial charge in [-0.3, -0.25) is 9.97 Å². The molecule has 0 atom stereocenters. The smallest absolute Gasteiger partial charge is 0.175 e. The molecule has 5 heteroatoms. The van der Waals surface area contributed by atoms with Gasteiger partial charge in [-0.1, -0.05) is 18.2 Å². The zero-order chi connectivity index (χ0) is 13.8. The van der Waals surface area contributed by atoms with Crippen LogP contribution in [0, 0.1) is 0 Å². The van der Waals surface area contributed by atoms with E-state index in [1.54, 1.807) is 12.4 Å². The van der Waals surface area contributed by atoms with Gasteiger partial charge in [-0.25, -0.2) is 0 Å². The Kier molecular flexibility index (Phi) is 3.52. The molecule has 0 aliphatic carbocycles. The lowest BCUT2D eigenvalue weighted by Gasteiger charge is -2.10. The van der Waals surface area contributed by atoms with Crippen LogP contribution in [-0.4, -0.2) is 15.1 Å². The molecule has 2 aromatic carbocycles. The quantitative estimate of drug-likeness (QED) is 0.704. The van der Waals surface area contributed by atoms with E-state index in [2.05, 4.69) is 20.6 Å². The van der Waals surface area contributed by atoms with E-state index in [-0.39, 0.29) is 0 Å². The van der Waals surface area contributed by atoms with Crippen molar-refractivity contribution in [3.8, 4) is 0 Å². The highest BCUT2D eigenvalue weighted by atomic mass is 32.1. The third kappa shape index (κ3) is 2.89. The van der Waals surface area contributed by atoms with Crippen molar-refractivity contribution in [2.75, 3.05) is 10.6 Å². The number of benzene rings is 2. The van der Waals surface area contributed by atoms with Gasteiger partial charge in [-0.15, -0.1) is 0 Å². The number of fused-ring (bicyclic) bond motifs is 1. The van der Waals surface area contributed by atoms with Crippen molar-refractivity contribution < 1.29 is 0 Å². The summed E-state index contributed by atoms with van der Waals surface area (Å²) in [4.78, 5) is 8.50. The zero-order valence-electron chi connectivity index (χ0n) is 10.6. The molecule has 0 bridgehead atoms. The molecule has 0 unspecified atom stereocenters. The maximum Gasteiger partial charge on any atom is 0.175 e. The Hall–Kier alpha value is -2.53. The molecule has 20 heavy (non-hydrogen) atoms. The number of para-hydroxylation sites is 1. The van der Waals surface area contributed by atoms with E-state index in [1.807, 2.05) is 48.5 Å². The van der Waals surface area contributed by atoms with E-state index in [0.717, 1.165) is 22.4 Å². The van der Waals surface area contributed by atoms with Crippen LogP contribution in [-0.2, 0) is 0 Å². The first-order valence-corrected chi connectivity index (χ1v) is 6.56. The van der Waals surface area contributed by atoms with Crippen LogP contribution in [0.2, 0.25) is 0 Å². The van der Waals surface area contributed by atoms with Gasteiger partial charge < -0.3 is 10.6 Å². The van der Waals surface area contributed by atoms with Gasteiger partial charge in [-0.05, 0) is 42.5 Å². The summed E-state index contributed by atoms with van der Waals surface area (Å²) in [5.74, 6) is 0. The lowest BCUT2D eigenvalue weighted by Crippen LogP contribution is -2.18. The Morgan fingerprint density at radius 1 is 0.800 bits per heavy atom. The van der Waals surface area contributed by atoms with E-state index in [1.165, 1.54) is 0 Å². The number of hydrogen-bond donors (Lipinski definition) is 2. The van der Waals surface area contributed by atoms with Crippen LogP contribution in [0.5, 0.6) is 0 Å². The molecule has 3 aromatic rings. The first-order chi connectivity index (χ1) is 9.81. The van der Waals surface area contributed by atoms with Crippen molar-refractivity contribution in [1.82, 2.24) is 9.97 Å². The van der Waals surface area contributed by atoms with Crippen molar-refractivity contribution in [3.05, 3.63) is 60.9 Å². The van der Waals surface area contributed by atoms with E-state index < -0.39 is 0 Å². The fourth-order valence-electron chi connectivity index (χ4n) is 1.86. The fraction of sp³-hybridized carbons (Fsp3) is 0. The highest BCUT2D eigenvalue weighted by Gasteiger charge is 2.01. The lowest BCUT2D eigenvalue weighted by atomic mass is 10.2. The molecule has 0 fully saturated rings. The Balaban J connectivity index is 1.74. The molecule has 0 spiro atoms. The van der Waals surface area contributed by atoms with Crippen molar-refractivity contribution in [2.45, 2.75) is 0 Å². The number of nitrogens with one attached hydrogen (secondary N) is 2. The molecule has 0 amide bonds. The Bertz CT molecular complexity index is 743. The summed E-state index contributed by atoms with van der Waals surface area (Å²) in [6.45, 7) is 0. The molecule has 0 aliphatic rings. The second-order valence-electron chi connectivity index (χ2n) is 4.20. The Morgan fingerprint density at radius 2 is 1.50 bits per heavy atom. The van der Waals surface area contributed by atoms with Gasteiger partial charge in [0.15, 0.2) is 5.11 Å². The Morgan fingerprint density at radius 3 is 2.30 bits per heavy atom. The lowest BCUT2D eigenvalue weighted by molar-refractivity contribution is 1.29. The monoisotopic (exact) mass is 280 g/mol. The van der Waals surface area contributed by atoms with Crippen molar-refractivity contribution in [1.29, 1.82) is 0 Å². The second-order valence-corrected chi connectivity index (χ2v) is 4.61. The van der Waals surface area contributed by atoms with Crippen LogP contribution < -0.4 is 10.6 Å². The van der Waals surface area contributed by atoms with Gasteiger partial charge in [0.2, 0.25) is 0 Å². The molecule has 98 valence electrons. The molecule has 1 heterocycles. The van der Waals surface area contributed by atoms with Crippen molar-refractivity contribution in [2.24, 2.45) is 0 Å². The number of aromatic nitrogens is 2. The second kappa shape index (κ2) is 5.63. The molecule has 0 radical (unpaired) electrons. The summed E-state index contributed by atoms with van der Waals surface area (Å²) in [5.41, 5.74) is 3.53. The fourth-order valence-corrected chi connectivity index (χ4v) is 2.09. The number of rotatable bonds is 2. The van der Waals surface area contributed by atoms with Gasteiger partial charge in [0, 0.05) is 23.8 Å². The summed E-state index contributed by atoms with van der Waals surface area (Å²) < 4.78 is 0. The SMILES string of the molecule is S=C(Nc1ccccc1)Nc1ccc2nccnc2c1. The minimum atomic E-state index is 0.541. The molecule has 1 aromatic heterocycles. The summed E-state index contributed by atoms with van der Waals surface area (Å²) in [7, 11) is 0. The number of nitrogens with zero attached hydrogens (tertiary/aromatic N) is 2. The topological polar surface area (TPSA) is 49.8 Å². The van der Waals surface area contributed by atoms with Crippen LogP contribution in [0.3, 0.4) is 0 Å². The Labute approximate surface area is 121 Å². The third-order valence-electron chi connectivity index (χ3n) is 2.76. The first kappa shape index (κ1) is 12.5. The minimum Gasteiger partial charge on any atom is -0.332 e. The van der Waals surface area contributed by atoms with Gasteiger partial charge in [0.25, 0.3) is 0 Å². The molecule has 0 saturated carbocycles. The minimum absolute atomic E-state index is 0.541. The maximum absolute atomic E-state index is 5.28. The highest BCUT2D eigenvalue weighted by Crippen LogP contribution is 2.15. The van der Waals surface area contributed by atoms with E-state index in [0.29, 0.717) is 5.11 Å². The highest BCUT2D eigenvalue weighted by molar-refractivity contribution is 7.80. The largest absolute Gasteiger partial charge is 0.332 e. The zero-order valence-corrected chi connectivity index (χ0v) is 11.4. The van der Waals surface area contributed by atoms with Crippen LogP contribution in [0.25, 0.3) is 11.0 Å². The van der Waals surface area contributed by atoms with Gasteiger partial charge in [-0.2, -0.15) is 0 Å². The predicted molar refractivity (Wildman–Crippen MR) is 85.8 cm³/mol. The number of anilines is 2. The maximum atomic E-state index is 5.28.